The van der Waals surface area contributed by atoms with Gasteiger partial charge in [0.1, 0.15) is 6.10 Å². The van der Waals surface area contributed by atoms with Crippen molar-refractivity contribution in [1.29, 1.82) is 0 Å². The summed E-state index contributed by atoms with van der Waals surface area (Å²) >= 11 is 0. The Labute approximate surface area is 156 Å². The van der Waals surface area contributed by atoms with E-state index in [0.717, 1.165) is 37.5 Å². The van der Waals surface area contributed by atoms with Crippen LogP contribution in [0.15, 0.2) is 0 Å². The second kappa shape index (κ2) is 4.67. The molecule has 0 aromatic carbocycles. The molecule has 6 fully saturated rings. The van der Waals surface area contributed by atoms with Gasteiger partial charge in [-0.15, -0.1) is 0 Å². The molecule has 0 aromatic heterocycles. The van der Waals surface area contributed by atoms with Crippen molar-refractivity contribution in [3.63, 3.8) is 0 Å². The van der Waals surface area contributed by atoms with Crippen LogP contribution in [0.5, 0.6) is 0 Å². The Morgan fingerprint density at radius 2 is 1.73 bits per heavy atom. The maximum atomic E-state index is 12.3. The molecular weight excluding hydrogens is 328 g/mol. The summed E-state index contributed by atoms with van der Waals surface area (Å²) in [7, 11) is 0. The Morgan fingerprint density at radius 1 is 1.00 bits per heavy atom. The Morgan fingerprint density at radius 3 is 2.31 bits per heavy atom. The maximum Gasteiger partial charge on any atom is 0.309 e. The van der Waals surface area contributed by atoms with Gasteiger partial charge < -0.3 is 9.84 Å². The zero-order chi connectivity index (χ0) is 18.7. The highest BCUT2D eigenvalue weighted by Crippen LogP contribution is 2.85. The normalized spacial score (nSPS) is 59.2. The third-order valence-electron chi connectivity index (χ3n) is 10.2. The second-order valence-corrected chi connectivity index (χ2v) is 11.1. The lowest BCUT2D eigenvalue weighted by atomic mass is 9.38. The standard InChI is InChI=1S/C22H32O4/c1-12(23)26-17-9-15-19(2,6-5-7-20(15,3)18(24)25)16-8-13-14-10-22(16,17)11-21(13,14)4/h13-17H,5-11H2,1-4H3,(H,24,25)/t13-,14?,15?,16?,17+,19-,20+,21+,22-/m1/s1. The molecule has 4 nitrogen and oxygen atoms in total. The Hall–Kier alpha value is -1.06. The number of carbonyl (C=O) groups excluding carboxylic acids is 1. The average Bonchev–Trinajstić information content (AvgIpc) is 2.99. The van der Waals surface area contributed by atoms with Crippen LogP contribution in [0.2, 0.25) is 0 Å². The molecule has 4 bridgehead atoms. The van der Waals surface area contributed by atoms with Crippen molar-refractivity contribution in [2.75, 3.05) is 0 Å². The number of carboxylic acid groups (broad SMARTS) is 1. The van der Waals surface area contributed by atoms with Crippen LogP contribution < -0.4 is 0 Å². The Balaban J connectivity index is 1.61. The molecule has 1 spiro atoms. The van der Waals surface area contributed by atoms with Gasteiger partial charge in [-0.2, -0.15) is 0 Å². The number of hydrogen-bond acceptors (Lipinski definition) is 3. The van der Waals surface area contributed by atoms with Gasteiger partial charge in [-0.25, -0.2) is 0 Å². The number of hydrogen-bond donors (Lipinski definition) is 1. The predicted octanol–water partition coefficient (Wildman–Crippen LogP) is 4.27. The molecule has 6 aliphatic rings. The lowest BCUT2D eigenvalue weighted by Crippen LogP contribution is -2.64. The van der Waals surface area contributed by atoms with E-state index >= 15 is 0 Å². The van der Waals surface area contributed by atoms with E-state index < -0.39 is 11.4 Å². The minimum atomic E-state index is -0.694. The van der Waals surface area contributed by atoms with Crippen molar-refractivity contribution in [3.05, 3.63) is 0 Å². The molecule has 26 heavy (non-hydrogen) atoms. The lowest BCUT2D eigenvalue weighted by molar-refractivity contribution is -0.228. The van der Waals surface area contributed by atoms with Crippen LogP contribution in [0.4, 0.5) is 0 Å². The molecule has 9 atom stereocenters. The quantitative estimate of drug-likeness (QED) is 0.747. The van der Waals surface area contributed by atoms with Crippen LogP contribution in [0, 0.1) is 45.3 Å². The summed E-state index contributed by atoms with van der Waals surface area (Å²) in [4.78, 5) is 24.2. The number of aliphatic carboxylic acids is 1. The van der Waals surface area contributed by atoms with Crippen LogP contribution in [0.3, 0.4) is 0 Å². The molecule has 0 saturated heterocycles. The predicted molar refractivity (Wildman–Crippen MR) is 96.2 cm³/mol. The zero-order valence-electron chi connectivity index (χ0n) is 16.5. The summed E-state index contributed by atoms with van der Waals surface area (Å²) in [5, 5.41) is 10.1. The van der Waals surface area contributed by atoms with Gasteiger partial charge in [0.15, 0.2) is 0 Å². The summed E-state index contributed by atoms with van der Waals surface area (Å²) in [6.45, 7) is 8.29. The summed E-state index contributed by atoms with van der Waals surface area (Å²) < 4.78 is 5.97. The minimum Gasteiger partial charge on any atom is -0.481 e. The Kier molecular flexibility index (Phi) is 3.07. The number of carboxylic acids is 1. The molecule has 6 aliphatic carbocycles. The highest BCUT2D eigenvalue weighted by molar-refractivity contribution is 5.75. The van der Waals surface area contributed by atoms with Crippen molar-refractivity contribution in [2.45, 2.75) is 78.7 Å². The molecule has 0 aromatic rings. The van der Waals surface area contributed by atoms with E-state index in [4.69, 9.17) is 4.74 Å². The zero-order valence-corrected chi connectivity index (χ0v) is 16.5. The second-order valence-electron chi connectivity index (χ2n) is 11.1. The fourth-order valence-electron chi connectivity index (χ4n) is 9.11. The molecule has 0 aliphatic heterocycles. The minimum absolute atomic E-state index is 0.0664. The monoisotopic (exact) mass is 360 g/mol. The lowest BCUT2D eigenvalue weighted by Gasteiger charge is -2.66. The van der Waals surface area contributed by atoms with E-state index in [9.17, 15) is 14.7 Å². The molecule has 6 saturated carbocycles. The number of fused-ring (bicyclic) bond motifs is 1. The average molecular weight is 360 g/mol. The van der Waals surface area contributed by atoms with Gasteiger partial charge in [0.05, 0.1) is 5.41 Å². The van der Waals surface area contributed by atoms with Gasteiger partial charge in [-0.3, -0.25) is 9.59 Å². The van der Waals surface area contributed by atoms with Gasteiger partial charge in [0, 0.05) is 12.3 Å². The molecule has 4 heteroatoms. The maximum absolute atomic E-state index is 12.3. The Bertz CT molecular complexity index is 702. The van der Waals surface area contributed by atoms with Crippen LogP contribution in [-0.4, -0.2) is 23.1 Å². The molecule has 0 heterocycles. The molecule has 1 N–H and O–H groups in total. The summed E-state index contributed by atoms with van der Waals surface area (Å²) in [5.41, 5.74) is -0.0674. The molecule has 144 valence electrons. The first-order valence-electron chi connectivity index (χ1n) is 10.5. The van der Waals surface area contributed by atoms with Crippen molar-refractivity contribution in [1.82, 2.24) is 0 Å². The number of esters is 1. The fourth-order valence-corrected chi connectivity index (χ4v) is 9.11. The van der Waals surface area contributed by atoms with Crippen LogP contribution in [0.25, 0.3) is 0 Å². The number of carbonyl (C=O) groups is 2. The topological polar surface area (TPSA) is 63.6 Å². The number of ether oxygens (including phenoxy) is 1. The number of rotatable bonds is 2. The first kappa shape index (κ1) is 17.1. The molecular formula is C22H32O4. The first-order valence-corrected chi connectivity index (χ1v) is 10.5. The van der Waals surface area contributed by atoms with Crippen molar-refractivity contribution < 1.29 is 19.4 Å². The molecule has 6 rings (SSSR count). The van der Waals surface area contributed by atoms with E-state index in [1.807, 2.05) is 6.92 Å². The van der Waals surface area contributed by atoms with Crippen molar-refractivity contribution in [3.8, 4) is 0 Å². The van der Waals surface area contributed by atoms with E-state index in [2.05, 4.69) is 13.8 Å². The summed E-state index contributed by atoms with van der Waals surface area (Å²) in [5.74, 6) is 1.38. The molecule has 0 radical (unpaired) electrons. The van der Waals surface area contributed by atoms with Crippen molar-refractivity contribution >= 4 is 11.9 Å². The highest BCUT2D eigenvalue weighted by Gasteiger charge is 2.81. The van der Waals surface area contributed by atoms with Crippen molar-refractivity contribution in [2.24, 2.45) is 45.3 Å². The van der Waals surface area contributed by atoms with E-state index in [-0.39, 0.29) is 28.8 Å². The summed E-state index contributed by atoms with van der Waals surface area (Å²) in [6, 6.07) is 0. The fraction of sp³-hybridized carbons (Fsp3) is 0.909. The van der Waals surface area contributed by atoms with Gasteiger partial charge in [-0.1, -0.05) is 20.3 Å². The van der Waals surface area contributed by atoms with Crippen LogP contribution in [0.1, 0.15) is 72.6 Å². The van der Waals surface area contributed by atoms with E-state index in [1.54, 1.807) is 0 Å². The van der Waals surface area contributed by atoms with Crippen LogP contribution >= 0.6 is 0 Å². The van der Waals surface area contributed by atoms with Gasteiger partial charge >= 0.3 is 11.9 Å². The van der Waals surface area contributed by atoms with Gasteiger partial charge in [0.25, 0.3) is 0 Å². The smallest absolute Gasteiger partial charge is 0.309 e. The molecule has 0 amide bonds. The van der Waals surface area contributed by atoms with Crippen LogP contribution in [-0.2, 0) is 14.3 Å². The largest absolute Gasteiger partial charge is 0.481 e. The third kappa shape index (κ3) is 1.73. The molecule has 3 unspecified atom stereocenters. The van der Waals surface area contributed by atoms with Gasteiger partial charge in [0.2, 0.25) is 0 Å². The van der Waals surface area contributed by atoms with E-state index in [1.165, 1.54) is 26.2 Å². The SMILES string of the molecule is CC(=O)O[C@H]1CC2[C@@](C)(CCC[C@]2(C)C(=O)O)C2C[C@@H]3C4C[C@@]21C[C@]43C. The van der Waals surface area contributed by atoms with Gasteiger partial charge in [-0.05, 0) is 80.0 Å². The summed E-state index contributed by atoms with van der Waals surface area (Å²) in [6.07, 6.45) is 7.14. The van der Waals surface area contributed by atoms with E-state index in [0.29, 0.717) is 11.3 Å². The first-order chi connectivity index (χ1) is 12.1. The highest BCUT2D eigenvalue weighted by atomic mass is 16.5. The third-order valence-corrected chi connectivity index (χ3v) is 10.2.